The van der Waals surface area contributed by atoms with Gasteiger partial charge in [0.05, 0.1) is 5.56 Å². The van der Waals surface area contributed by atoms with Gasteiger partial charge in [0.15, 0.2) is 0 Å². The summed E-state index contributed by atoms with van der Waals surface area (Å²) in [5.41, 5.74) is 1.47. The second-order valence-corrected chi connectivity index (χ2v) is 5.77. The Bertz CT molecular complexity index is 799. The first-order chi connectivity index (χ1) is 12.2. The molecule has 0 aliphatic heterocycles. The maximum absolute atomic E-state index is 13.0. The number of nitrogens with zero attached hydrogens (tertiary/aromatic N) is 4. The largest absolute Gasteiger partial charge is 0.357 e. The molecule has 0 atom stereocenters. The van der Waals surface area contributed by atoms with Gasteiger partial charge in [-0.1, -0.05) is 18.5 Å². The number of aromatic nitrogens is 3. The summed E-state index contributed by atoms with van der Waals surface area (Å²) >= 11 is 0. The van der Waals surface area contributed by atoms with Gasteiger partial charge in [-0.3, -0.25) is 0 Å². The van der Waals surface area contributed by atoms with Crippen LogP contribution in [0.2, 0.25) is 0 Å². The monoisotopic (exact) mass is 340 g/mol. The van der Waals surface area contributed by atoms with Gasteiger partial charge in [-0.15, -0.1) is 0 Å². The third kappa shape index (κ3) is 4.02. The van der Waals surface area contributed by atoms with E-state index in [4.69, 9.17) is 4.52 Å². The highest BCUT2D eigenvalue weighted by atomic mass is 19.1. The van der Waals surface area contributed by atoms with Crippen molar-refractivity contribution in [2.24, 2.45) is 0 Å². The molecule has 0 bridgehead atoms. The zero-order valence-corrected chi connectivity index (χ0v) is 14.4. The van der Waals surface area contributed by atoms with Crippen LogP contribution in [0.4, 0.5) is 10.2 Å². The van der Waals surface area contributed by atoms with Crippen LogP contribution in [0, 0.1) is 5.82 Å². The van der Waals surface area contributed by atoms with E-state index >= 15 is 0 Å². The van der Waals surface area contributed by atoms with E-state index in [-0.39, 0.29) is 5.82 Å². The molecule has 0 saturated carbocycles. The van der Waals surface area contributed by atoms with Crippen LogP contribution in [0.15, 0.2) is 47.1 Å². The van der Waals surface area contributed by atoms with Crippen LogP contribution in [0.1, 0.15) is 26.7 Å². The molecule has 6 heteroatoms. The van der Waals surface area contributed by atoms with E-state index in [1.807, 2.05) is 12.1 Å². The van der Waals surface area contributed by atoms with Gasteiger partial charge in [0.1, 0.15) is 11.6 Å². The summed E-state index contributed by atoms with van der Waals surface area (Å²) in [5, 5.41) is 3.96. The molecule has 0 N–H and O–H groups in total. The molecule has 0 aliphatic carbocycles. The zero-order chi connectivity index (χ0) is 17.6. The minimum Gasteiger partial charge on any atom is -0.357 e. The predicted octanol–water partition coefficient (Wildman–Crippen LogP) is 4.56. The van der Waals surface area contributed by atoms with Crippen molar-refractivity contribution in [2.45, 2.75) is 26.7 Å². The molecule has 0 aliphatic rings. The van der Waals surface area contributed by atoms with Gasteiger partial charge in [0.2, 0.25) is 5.82 Å². The molecule has 0 spiro atoms. The molecule has 0 unspecified atom stereocenters. The highest BCUT2D eigenvalue weighted by Crippen LogP contribution is 2.23. The van der Waals surface area contributed by atoms with E-state index in [1.54, 1.807) is 18.3 Å². The molecule has 130 valence electrons. The quantitative estimate of drug-likeness (QED) is 0.631. The maximum atomic E-state index is 13.0. The van der Waals surface area contributed by atoms with Crippen LogP contribution < -0.4 is 4.90 Å². The van der Waals surface area contributed by atoms with Crippen molar-refractivity contribution in [1.82, 2.24) is 15.1 Å². The van der Waals surface area contributed by atoms with Gasteiger partial charge < -0.3 is 9.42 Å². The second-order valence-electron chi connectivity index (χ2n) is 5.77. The molecule has 2 aromatic heterocycles. The Hall–Kier alpha value is -2.76. The van der Waals surface area contributed by atoms with Gasteiger partial charge in [-0.2, -0.15) is 4.98 Å². The number of halogens is 1. The van der Waals surface area contributed by atoms with Gasteiger partial charge in [0, 0.05) is 24.8 Å². The number of hydrogen-bond donors (Lipinski definition) is 0. The Morgan fingerprint density at radius 2 is 1.80 bits per heavy atom. The first-order valence-electron chi connectivity index (χ1n) is 8.52. The number of pyridine rings is 1. The van der Waals surface area contributed by atoms with Crippen molar-refractivity contribution in [3.63, 3.8) is 0 Å². The molecule has 2 heterocycles. The summed E-state index contributed by atoms with van der Waals surface area (Å²) in [4.78, 5) is 11.1. The number of rotatable bonds is 7. The highest BCUT2D eigenvalue weighted by Gasteiger charge is 2.12. The fourth-order valence-electron chi connectivity index (χ4n) is 2.54. The Kier molecular flexibility index (Phi) is 5.38. The minimum atomic E-state index is -0.296. The lowest BCUT2D eigenvalue weighted by atomic mass is 10.2. The first-order valence-corrected chi connectivity index (χ1v) is 8.52. The van der Waals surface area contributed by atoms with E-state index in [2.05, 4.69) is 33.9 Å². The fourth-order valence-corrected chi connectivity index (χ4v) is 2.54. The summed E-state index contributed by atoms with van der Waals surface area (Å²) in [5.74, 6) is 1.47. The maximum Gasteiger partial charge on any atom is 0.259 e. The molecule has 5 nitrogen and oxygen atoms in total. The molecule has 25 heavy (non-hydrogen) atoms. The molecule has 0 saturated heterocycles. The smallest absolute Gasteiger partial charge is 0.259 e. The molecular weight excluding hydrogens is 319 g/mol. The Balaban J connectivity index is 1.77. The van der Waals surface area contributed by atoms with Crippen LogP contribution >= 0.6 is 0 Å². The topological polar surface area (TPSA) is 55.1 Å². The highest BCUT2D eigenvalue weighted by molar-refractivity contribution is 5.60. The molecule has 0 amide bonds. The summed E-state index contributed by atoms with van der Waals surface area (Å²) in [6.07, 6.45) is 4.04. The minimum absolute atomic E-state index is 0.296. The van der Waals surface area contributed by atoms with Crippen molar-refractivity contribution >= 4 is 5.82 Å². The molecule has 3 rings (SSSR count). The Morgan fingerprint density at radius 3 is 2.44 bits per heavy atom. The zero-order valence-electron chi connectivity index (χ0n) is 14.4. The van der Waals surface area contributed by atoms with E-state index in [0.29, 0.717) is 17.3 Å². The van der Waals surface area contributed by atoms with Crippen LogP contribution in [0.5, 0.6) is 0 Å². The van der Waals surface area contributed by atoms with Crippen molar-refractivity contribution in [3.8, 4) is 22.8 Å². The standard InChI is InChI=1S/C19H21FN4O/c1-3-5-12-24(4-2)17-11-8-15(13-21-17)19-22-18(23-25-19)14-6-9-16(20)10-7-14/h6-11,13H,3-5,12H2,1-2H3. The first kappa shape index (κ1) is 17.1. The number of benzene rings is 1. The third-order valence-corrected chi connectivity index (χ3v) is 4.01. The fraction of sp³-hybridized carbons (Fsp3) is 0.316. The third-order valence-electron chi connectivity index (χ3n) is 4.01. The summed E-state index contributed by atoms with van der Waals surface area (Å²) in [6, 6.07) is 9.89. The molecule has 3 aromatic rings. The van der Waals surface area contributed by atoms with Crippen LogP contribution in [-0.2, 0) is 0 Å². The summed E-state index contributed by atoms with van der Waals surface area (Å²) in [7, 11) is 0. The van der Waals surface area contributed by atoms with E-state index in [9.17, 15) is 4.39 Å². The van der Waals surface area contributed by atoms with Crippen molar-refractivity contribution in [2.75, 3.05) is 18.0 Å². The Labute approximate surface area is 146 Å². The number of hydrogen-bond acceptors (Lipinski definition) is 5. The van der Waals surface area contributed by atoms with E-state index in [1.165, 1.54) is 12.1 Å². The van der Waals surface area contributed by atoms with E-state index in [0.717, 1.165) is 37.3 Å². The van der Waals surface area contributed by atoms with Crippen LogP contribution in [-0.4, -0.2) is 28.2 Å². The lowest BCUT2D eigenvalue weighted by Gasteiger charge is -2.21. The SMILES string of the molecule is CCCCN(CC)c1ccc(-c2nc(-c3ccc(F)cc3)no2)cn1. The average molecular weight is 340 g/mol. The van der Waals surface area contributed by atoms with Crippen LogP contribution in [0.25, 0.3) is 22.8 Å². The molecule has 0 fully saturated rings. The lowest BCUT2D eigenvalue weighted by molar-refractivity contribution is 0.432. The summed E-state index contributed by atoms with van der Waals surface area (Å²) < 4.78 is 18.3. The second kappa shape index (κ2) is 7.88. The van der Waals surface area contributed by atoms with Gasteiger partial charge in [0.25, 0.3) is 5.89 Å². The van der Waals surface area contributed by atoms with Crippen LogP contribution in [0.3, 0.4) is 0 Å². The van der Waals surface area contributed by atoms with Crippen molar-refractivity contribution < 1.29 is 8.91 Å². The lowest BCUT2D eigenvalue weighted by Crippen LogP contribution is -2.24. The molecular formula is C19H21FN4O. The van der Waals surface area contributed by atoms with Crippen molar-refractivity contribution in [1.29, 1.82) is 0 Å². The molecule has 1 aromatic carbocycles. The average Bonchev–Trinajstić information content (AvgIpc) is 3.13. The van der Waals surface area contributed by atoms with E-state index < -0.39 is 0 Å². The Morgan fingerprint density at radius 1 is 1.04 bits per heavy atom. The van der Waals surface area contributed by atoms with Crippen molar-refractivity contribution in [3.05, 3.63) is 48.4 Å². The predicted molar refractivity (Wildman–Crippen MR) is 95.7 cm³/mol. The number of unbranched alkanes of at least 4 members (excludes halogenated alkanes) is 1. The van der Waals surface area contributed by atoms with Gasteiger partial charge in [-0.25, -0.2) is 9.37 Å². The molecule has 0 radical (unpaired) electrons. The van der Waals surface area contributed by atoms with Gasteiger partial charge >= 0.3 is 0 Å². The summed E-state index contributed by atoms with van der Waals surface area (Å²) in [6.45, 7) is 6.22. The normalized spacial score (nSPS) is 10.8. The number of anilines is 1. The van der Waals surface area contributed by atoms with Gasteiger partial charge in [-0.05, 0) is 49.7 Å².